The van der Waals surface area contributed by atoms with Gasteiger partial charge in [0.25, 0.3) is 0 Å². The van der Waals surface area contributed by atoms with E-state index in [1.165, 1.54) is 23.0 Å². The van der Waals surface area contributed by atoms with Gasteiger partial charge in [0.2, 0.25) is 5.78 Å². The fourth-order valence-corrected chi connectivity index (χ4v) is 7.62. The van der Waals surface area contributed by atoms with Crippen molar-refractivity contribution in [2.24, 2.45) is 5.41 Å². The average molecular weight is 540 g/mol. The number of carbonyl (C=O) groups is 1. The lowest BCUT2D eigenvalue weighted by Crippen LogP contribution is -2.51. The van der Waals surface area contributed by atoms with Crippen LogP contribution in [0.1, 0.15) is 96.7 Å². The summed E-state index contributed by atoms with van der Waals surface area (Å²) in [5.74, 6) is 0.211. The molecule has 5 nitrogen and oxygen atoms in total. The molecule has 2 aromatic carbocycles. The van der Waals surface area contributed by atoms with Crippen molar-refractivity contribution in [3.8, 4) is 0 Å². The molecule has 3 aliphatic carbocycles. The smallest absolute Gasteiger partial charge is 0.228 e. The molecule has 40 heavy (non-hydrogen) atoms. The summed E-state index contributed by atoms with van der Waals surface area (Å²) >= 11 is 0. The lowest BCUT2D eigenvalue weighted by atomic mass is 9.64. The SMILES string of the molecule is CC1=CCCC2(C)C(CCC2(O)CN2Cc3ccccc3C2)c2ccc(cc2C(=O)c2ccco2)CC(O)CC1. The van der Waals surface area contributed by atoms with Crippen LogP contribution < -0.4 is 0 Å². The Bertz CT molecular complexity index is 1380. The summed E-state index contributed by atoms with van der Waals surface area (Å²) in [4.78, 5) is 16.2. The summed E-state index contributed by atoms with van der Waals surface area (Å²) in [6.07, 6.45) is 8.59. The van der Waals surface area contributed by atoms with Gasteiger partial charge in [-0.15, -0.1) is 0 Å². The number of aliphatic hydroxyl groups excluding tert-OH is 1. The molecule has 2 bridgehead atoms. The van der Waals surface area contributed by atoms with Crippen molar-refractivity contribution < 1.29 is 19.4 Å². The van der Waals surface area contributed by atoms with Crippen molar-refractivity contribution >= 4 is 5.78 Å². The molecule has 4 atom stereocenters. The maximum Gasteiger partial charge on any atom is 0.228 e. The van der Waals surface area contributed by atoms with Crippen LogP contribution in [0.25, 0.3) is 0 Å². The molecule has 2 heterocycles. The lowest BCUT2D eigenvalue weighted by molar-refractivity contribution is -0.0845. The van der Waals surface area contributed by atoms with E-state index in [1.807, 2.05) is 6.07 Å². The molecular formula is C35H41NO4. The first-order chi connectivity index (χ1) is 19.3. The van der Waals surface area contributed by atoms with Crippen LogP contribution in [0.3, 0.4) is 0 Å². The minimum atomic E-state index is -0.890. The van der Waals surface area contributed by atoms with Gasteiger partial charge < -0.3 is 14.6 Å². The molecule has 7 rings (SSSR count). The number of carbonyl (C=O) groups excluding carboxylic acids is 1. The molecule has 2 N–H and O–H groups in total. The highest BCUT2D eigenvalue weighted by Crippen LogP contribution is 2.59. The Balaban J connectivity index is 1.40. The molecule has 0 amide bonds. The van der Waals surface area contributed by atoms with E-state index >= 15 is 0 Å². The number of allylic oxidation sites excluding steroid dienone is 2. The minimum Gasteiger partial charge on any atom is -0.461 e. The number of benzene rings is 2. The van der Waals surface area contributed by atoms with Crippen LogP contribution in [0.2, 0.25) is 0 Å². The summed E-state index contributed by atoms with van der Waals surface area (Å²) in [5.41, 5.74) is 5.24. The summed E-state index contributed by atoms with van der Waals surface area (Å²) in [7, 11) is 0. The zero-order valence-corrected chi connectivity index (χ0v) is 23.7. The highest BCUT2D eigenvalue weighted by atomic mass is 16.3. The summed E-state index contributed by atoms with van der Waals surface area (Å²) in [6.45, 7) is 6.73. The van der Waals surface area contributed by atoms with Gasteiger partial charge in [-0.05, 0) is 98.2 Å². The zero-order valence-electron chi connectivity index (χ0n) is 23.7. The van der Waals surface area contributed by atoms with Crippen molar-refractivity contribution in [2.75, 3.05) is 6.54 Å². The lowest BCUT2D eigenvalue weighted by Gasteiger charge is -2.45. The van der Waals surface area contributed by atoms with Gasteiger partial charge in [-0.3, -0.25) is 9.69 Å². The summed E-state index contributed by atoms with van der Waals surface area (Å²) < 4.78 is 5.54. The van der Waals surface area contributed by atoms with Crippen molar-refractivity contribution in [2.45, 2.75) is 89.5 Å². The Morgan fingerprint density at radius 3 is 2.55 bits per heavy atom. The molecule has 4 aliphatic rings. The van der Waals surface area contributed by atoms with E-state index in [2.05, 4.69) is 61.2 Å². The molecule has 4 unspecified atom stereocenters. The second kappa shape index (κ2) is 10.8. The molecule has 3 aromatic rings. The number of nitrogens with zero attached hydrogens (tertiary/aromatic N) is 1. The van der Waals surface area contributed by atoms with Gasteiger partial charge in [-0.1, -0.05) is 55.0 Å². The van der Waals surface area contributed by atoms with Gasteiger partial charge in [0, 0.05) is 30.6 Å². The highest BCUT2D eigenvalue weighted by Gasteiger charge is 2.57. The van der Waals surface area contributed by atoms with Gasteiger partial charge >= 0.3 is 0 Å². The second-order valence-corrected chi connectivity index (χ2v) is 12.7. The Labute approximate surface area is 237 Å². The van der Waals surface area contributed by atoms with E-state index in [0.717, 1.165) is 49.9 Å². The first kappa shape index (κ1) is 27.2. The van der Waals surface area contributed by atoms with Gasteiger partial charge in [-0.2, -0.15) is 0 Å². The van der Waals surface area contributed by atoms with Crippen LogP contribution >= 0.6 is 0 Å². The quantitative estimate of drug-likeness (QED) is 0.290. The van der Waals surface area contributed by atoms with Crippen molar-refractivity contribution in [1.82, 2.24) is 4.90 Å². The molecule has 0 saturated heterocycles. The van der Waals surface area contributed by atoms with Crippen LogP contribution in [0, 0.1) is 5.41 Å². The van der Waals surface area contributed by atoms with E-state index in [0.29, 0.717) is 37.1 Å². The predicted octanol–water partition coefficient (Wildman–Crippen LogP) is 6.56. The van der Waals surface area contributed by atoms with Crippen LogP contribution in [0.15, 0.2) is 76.9 Å². The maximum absolute atomic E-state index is 13.8. The number of hydrogen-bond acceptors (Lipinski definition) is 5. The predicted molar refractivity (Wildman–Crippen MR) is 156 cm³/mol. The molecule has 1 aliphatic heterocycles. The molecule has 1 saturated carbocycles. The number of rotatable bonds is 4. The Morgan fingerprint density at radius 1 is 1.05 bits per heavy atom. The second-order valence-electron chi connectivity index (χ2n) is 12.7. The number of fused-ring (bicyclic) bond motifs is 9. The van der Waals surface area contributed by atoms with Gasteiger partial charge in [0.15, 0.2) is 5.76 Å². The fraction of sp³-hybridized carbons (Fsp3) is 0.457. The molecule has 210 valence electrons. The molecular weight excluding hydrogens is 498 g/mol. The maximum atomic E-state index is 13.8. The van der Waals surface area contributed by atoms with Crippen molar-refractivity contribution in [3.63, 3.8) is 0 Å². The Morgan fingerprint density at radius 2 is 1.82 bits per heavy atom. The number of furan rings is 1. The highest BCUT2D eigenvalue weighted by molar-refractivity contribution is 6.08. The van der Waals surface area contributed by atoms with Gasteiger partial charge in [-0.25, -0.2) is 0 Å². The van der Waals surface area contributed by atoms with E-state index in [1.54, 1.807) is 12.1 Å². The molecule has 5 heteroatoms. The van der Waals surface area contributed by atoms with Crippen LogP contribution in [-0.2, 0) is 19.5 Å². The zero-order chi connectivity index (χ0) is 27.9. The number of aliphatic hydroxyl groups is 2. The largest absolute Gasteiger partial charge is 0.461 e. The van der Waals surface area contributed by atoms with E-state index < -0.39 is 17.1 Å². The topological polar surface area (TPSA) is 73.9 Å². The molecule has 0 spiro atoms. The third kappa shape index (κ3) is 5.00. The van der Waals surface area contributed by atoms with Gasteiger partial charge in [0.1, 0.15) is 0 Å². The fourth-order valence-electron chi connectivity index (χ4n) is 7.62. The first-order valence-corrected chi connectivity index (χ1v) is 14.8. The third-order valence-electron chi connectivity index (χ3n) is 10.1. The Hall–Kier alpha value is -2.99. The molecule has 1 fully saturated rings. The third-order valence-corrected chi connectivity index (χ3v) is 10.1. The summed E-state index contributed by atoms with van der Waals surface area (Å²) in [5, 5.41) is 23.3. The first-order valence-electron chi connectivity index (χ1n) is 14.8. The van der Waals surface area contributed by atoms with E-state index in [4.69, 9.17) is 4.42 Å². The molecule has 0 radical (unpaired) electrons. The van der Waals surface area contributed by atoms with Crippen molar-refractivity contribution in [1.29, 1.82) is 0 Å². The van der Waals surface area contributed by atoms with E-state index in [-0.39, 0.29) is 11.7 Å². The summed E-state index contributed by atoms with van der Waals surface area (Å²) in [6, 6.07) is 18.2. The number of ketones is 1. The number of β-amino-alcohol motifs (C(OH)–C–C–N with tert-alkyl or cyclic N) is 1. The standard InChI is InChI=1S/C35H41NO4/c1-24-7-5-16-34(2)31(15-17-35(34,39)23-36-21-26-8-3-4-9-27(26)22-36)29-14-12-25(19-28(37)13-11-24)20-30(29)33(38)32-10-6-18-40-32/h3-4,6-10,12,14,18,20,28,31,37,39H,5,11,13,15-17,19,21-23H2,1-2H3. The number of hydrogen-bond donors (Lipinski definition) is 2. The Kier molecular flexibility index (Phi) is 7.32. The minimum absolute atomic E-state index is 0.0204. The van der Waals surface area contributed by atoms with E-state index in [9.17, 15) is 15.0 Å². The van der Waals surface area contributed by atoms with Crippen LogP contribution in [-0.4, -0.2) is 39.1 Å². The van der Waals surface area contributed by atoms with Crippen LogP contribution in [0.5, 0.6) is 0 Å². The van der Waals surface area contributed by atoms with Gasteiger partial charge in [0.05, 0.1) is 18.0 Å². The molecule has 1 aromatic heterocycles. The van der Waals surface area contributed by atoms with Crippen LogP contribution in [0.4, 0.5) is 0 Å². The average Bonchev–Trinajstić information content (AvgIpc) is 3.66. The normalized spacial score (nSPS) is 29.1. The van der Waals surface area contributed by atoms with Crippen molar-refractivity contribution in [3.05, 3.63) is 106 Å². The monoisotopic (exact) mass is 539 g/mol.